The van der Waals surface area contributed by atoms with Crippen molar-refractivity contribution < 1.29 is 34.2 Å². The number of nitrogens with one attached hydrogen (secondary N) is 1. The second-order valence-electron chi connectivity index (χ2n) is 10.4. The SMILES string of the molecule is CC(C)NCc1ccc(O)c2c1C[C@H]1C[C@H]3C(N(C)C)C(=O)C(C(N)=O)C(=O)[C@@]3(O)C(=O)C1C2=O. The van der Waals surface area contributed by atoms with Crippen LogP contribution in [0, 0.1) is 23.7 Å². The van der Waals surface area contributed by atoms with E-state index >= 15 is 0 Å². The molecular weight excluding hydrogens is 454 g/mol. The van der Waals surface area contributed by atoms with Gasteiger partial charge in [-0.2, -0.15) is 0 Å². The number of benzene rings is 1. The normalized spacial score (nSPS) is 32.5. The predicted molar refractivity (Wildman–Crippen MR) is 123 cm³/mol. The first-order valence-corrected chi connectivity index (χ1v) is 11.7. The molecule has 3 unspecified atom stereocenters. The summed E-state index contributed by atoms with van der Waals surface area (Å²) in [6, 6.07) is 2.19. The lowest BCUT2D eigenvalue weighted by Crippen LogP contribution is -2.74. The maximum absolute atomic E-state index is 13.7. The van der Waals surface area contributed by atoms with Crippen molar-refractivity contribution in [2.45, 2.75) is 50.9 Å². The highest BCUT2D eigenvalue weighted by atomic mass is 16.3. The number of nitrogens with two attached hydrogens (primary N) is 1. The number of hydrogen-bond acceptors (Lipinski definition) is 9. The van der Waals surface area contributed by atoms with Gasteiger partial charge in [0, 0.05) is 18.5 Å². The zero-order valence-electron chi connectivity index (χ0n) is 20.2. The molecule has 5 N–H and O–H groups in total. The van der Waals surface area contributed by atoms with Gasteiger partial charge in [0.25, 0.3) is 0 Å². The number of carbonyl (C=O) groups excluding carboxylic acids is 5. The van der Waals surface area contributed by atoms with E-state index in [1.54, 1.807) is 20.2 Å². The number of aromatic hydroxyl groups is 1. The first kappa shape index (κ1) is 25.2. The van der Waals surface area contributed by atoms with E-state index in [4.69, 9.17) is 5.73 Å². The lowest BCUT2D eigenvalue weighted by Gasteiger charge is -2.52. The molecule has 10 nitrogen and oxygen atoms in total. The van der Waals surface area contributed by atoms with E-state index in [9.17, 15) is 34.2 Å². The largest absolute Gasteiger partial charge is 0.507 e. The number of ketones is 4. The molecule has 6 atom stereocenters. The summed E-state index contributed by atoms with van der Waals surface area (Å²) in [5.74, 6) is -10.3. The maximum atomic E-state index is 13.7. The summed E-state index contributed by atoms with van der Waals surface area (Å²) >= 11 is 0. The van der Waals surface area contributed by atoms with Crippen molar-refractivity contribution in [2.75, 3.05) is 14.1 Å². The summed E-state index contributed by atoms with van der Waals surface area (Å²) in [7, 11) is 3.12. The quantitative estimate of drug-likeness (QED) is 0.397. The molecule has 188 valence electrons. The van der Waals surface area contributed by atoms with E-state index in [2.05, 4.69) is 5.32 Å². The van der Waals surface area contributed by atoms with E-state index in [-0.39, 0.29) is 30.2 Å². The lowest BCUT2D eigenvalue weighted by molar-refractivity contribution is -0.181. The Morgan fingerprint density at radius 2 is 1.86 bits per heavy atom. The van der Waals surface area contributed by atoms with Crippen molar-refractivity contribution in [3.05, 3.63) is 28.8 Å². The molecule has 2 saturated carbocycles. The van der Waals surface area contributed by atoms with Crippen LogP contribution < -0.4 is 11.1 Å². The van der Waals surface area contributed by atoms with E-state index in [0.717, 1.165) is 5.56 Å². The first-order valence-electron chi connectivity index (χ1n) is 11.7. The van der Waals surface area contributed by atoms with Crippen molar-refractivity contribution in [3.8, 4) is 5.75 Å². The molecule has 1 aromatic carbocycles. The number of fused-ring (bicyclic) bond motifs is 3. The average Bonchev–Trinajstić information content (AvgIpc) is 2.75. The number of Topliss-reactive ketones (excluding diaryl/α,β-unsaturated/α-hetero) is 4. The third kappa shape index (κ3) is 3.62. The van der Waals surface area contributed by atoms with Gasteiger partial charge < -0.3 is 21.3 Å². The molecule has 4 rings (SSSR count). The van der Waals surface area contributed by atoms with Gasteiger partial charge in [-0.05, 0) is 50.0 Å². The van der Waals surface area contributed by atoms with Crippen LogP contribution in [0.3, 0.4) is 0 Å². The van der Waals surface area contributed by atoms with Crippen LogP contribution in [0.1, 0.15) is 41.8 Å². The molecule has 0 saturated heterocycles. The van der Waals surface area contributed by atoms with Crippen LogP contribution in [0.15, 0.2) is 12.1 Å². The molecule has 3 aliphatic carbocycles. The van der Waals surface area contributed by atoms with Crippen LogP contribution in [0.25, 0.3) is 0 Å². The molecule has 10 heteroatoms. The molecule has 2 fully saturated rings. The summed E-state index contributed by atoms with van der Waals surface area (Å²) in [5.41, 5.74) is 4.05. The van der Waals surface area contributed by atoms with Gasteiger partial charge >= 0.3 is 0 Å². The number of hydrogen-bond donors (Lipinski definition) is 4. The van der Waals surface area contributed by atoms with Gasteiger partial charge in [-0.15, -0.1) is 0 Å². The first-order chi connectivity index (χ1) is 16.3. The number of amides is 1. The molecule has 0 spiro atoms. The Morgan fingerprint density at radius 3 is 2.43 bits per heavy atom. The van der Waals surface area contributed by atoms with Crippen LogP contribution in [0.4, 0.5) is 0 Å². The molecule has 0 radical (unpaired) electrons. The molecule has 0 aromatic heterocycles. The average molecular weight is 486 g/mol. The molecule has 0 bridgehead atoms. The van der Waals surface area contributed by atoms with Crippen LogP contribution in [0.5, 0.6) is 5.75 Å². The molecule has 0 aliphatic heterocycles. The van der Waals surface area contributed by atoms with Crippen molar-refractivity contribution in [1.82, 2.24) is 10.2 Å². The van der Waals surface area contributed by atoms with Crippen molar-refractivity contribution in [3.63, 3.8) is 0 Å². The zero-order chi connectivity index (χ0) is 26.0. The van der Waals surface area contributed by atoms with Crippen molar-refractivity contribution >= 4 is 29.0 Å². The highest BCUT2D eigenvalue weighted by Crippen LogP contribution is 2.50. The number of rotatable bonds is 5. The van der Waals surface area contributed by atoms with E-state index in [0.29, 0.717) is 12.1 Å². The summed E-state index contributed by atoms with van der Waals surface area (Å²) in [6.45, 7) is 4.41. The van der Waals surface area contributed by atoms with E-state index in [1.165, 1.54) is 11.0 Å². The smallest absolute Gasteiger partial charge is 0.235 e. The van der Waals surface area contributed by atoms with Gasteiger partial charge in [0.15, 0.2) is 34.7 Å². The van der Waals surface area contributed by atoms with Gasteiger partial charge in [0.2, 0.25) is 5.91 Å². The van der Waals surface area contributed by atoms with Gasteiger partial charge in [0.1, 0.15) is 5.75 Å². The Kier molecular flexibility index (Phi) is 6.19. The fourth-order valence-corrected chi connectivity index (χ4v) is 6.15. The Hall–Kier alpha value is -2.95. The summed E-state index contributed by atoms with van der Waals surface area (Å²) in [5, 5.41) is 25.4. The molecule has 3 aliphatic rings. The second-order valence-corrected chi connectivity index (χ2v) is 10.4. The maximum Gasteiger partial charge on any atom is 0.235 e. The highest BCUT2D eigenvalue weighted by molar-refractivity contribution is 6.32. The third-order valence-electron chi connectivity index (χ3n) is 7.74. The minimum Gasteiger partial charge on any atom is -0.507 e. The summed E-state index contributed by atoms with van der Waals surface area (Å²) in [4.78, 5) is 67.1. The fourth-order valence-electron chi connectivity index (χ4n) is 6.15. The Morgan fingerprint density at radius 1 is 1.20 bits per heavy atom. The van der Waals surface area contributed by atoms with Crippen LogP contribution >= 0.6 is 0 Å². The van der Waals surface area contributed by atoms with Crippen LogP contribution in [-0.4, -0.2) is 75.9 Å². The van der Waals surface area contributed by atoms with Gasteiger partial charge in [-0.3, -0.25) is 28.9 Å². The van der Waals surface area contributed by atoms with Crippen molar-refractivity contribution in [1.29, 1.82) is 0 Å². The molecule has 35 heavy (non-hydrogen) atoms. The molecular formula is C25H31N3O7. The number of aliphatic hydroxyl groups is 1. The van der Waals surface area contributed by atoms with Gasteiger partial charge in [-0.1, -0.05) is 19.9 Å². The van der Waals surface area contributed by atoms with Crippen LogP contribution in [-0.2, 0) is 32.1 Å². The number of carbonyl (C=O) groups is 5. The van der Waals surface area contributed by atoms with Crippen LogP contribution in [0.2, 0.25) is 0 Å². The molecule has 0 heterocycles. The fraction of sp³-hybridized carbons (Fsp3) is 0.560. The number of nitrogens with zero attached hydrogens (tertiary/aromatic N) is 1. The monoisotopic (exact) mass is 485 g/mol. The Bertz CT molecular complexity index is 1140. The molecule has 1 amide bonds. The number of primary amides is 1. The lowest BCUT2D eigenvalue weighted by atomic mass is 9.52. The Labute approximate surface area is 202 Å². The van der Waals surface area contributed by atoms with Gasteiger partial charge in [-0.25, -0.2) is 0 Å². The number of phenolic OH excluding ortho intramolecular Hbond substituents is 1. The van der Waals surface area contributed by atoms with E-state index < -0.39 is 64.4 Å². The molecule has 1 aromatic rings. The Balaban J connectivity index is 1.83. The number of likely N-dealkylation sites (N-methyl/N-ethyl adjacent to an activating group) is 1. The zero-order valence-corrected chi connectivity index (χ0v) is 20.2. The second kappa shape index (κ2) is 8.61. The minimum absolute atomic E-state index is 0.0136. The number of phenols is 1. The topological polar surface area (TPSA) is 167 Å². The van der Waals surface area contributed by atoms with Crippen molar-refractivity contribution in [2.24, 2.45) is 29.4 Å². The van der Waals surface area contributed by atoms with E-state index in [1.807, 2.05) is 13.8 Å². The van der Waals surface area contributed by atoms with Gasteiger partial charge in [0.05, 0.1) is 17.5 Å². The summed E-state index contributed by atoms with van der Waals surface area (Å²) in [6.07, 6.45) is 0.298. The highest BCUT2D eigenvalue weighted by Gasteiger charge is 2.69. The predicted octanol–water partition coefficient (Wildman–Crippen LogP) is -0.635. The summed E-state index contributed by atoms with van der Waals surface area (Å²) < 4.78 is 0. The standard InChI is InChI=1S/C25H31N3O7/c1-10(2)27-9-11-5-6-15(29)17-13(11)7-12-8-14-19(28(3)4)21(31)18(24(26)34)23(33)25(14,35)22(32)16(12)20(17)30/h5-6,10,12,14,16,18-19,27,29,35H,7-9H2,1-4H3,(H2,26,34)/t12-,14-,16?,18?,19?,25-/m0/s1. The minimum atomic E-state index is -2.71. The third-order valence-corrected chi connectivity index (χ3v) is 7.74.